The van der Waals surface area contributed by atoms with E-state index in [0.717, 1.165) is 35.4 Å². The lowest BCUT2D eigenvalue weighted by Gasteiger charge is -2.55. The van der Waals surface area contributed by atoms with Crippen molar-refractivity contribution in [3.8, 4) is 5.75 Å². The lowest BCUT2D eigenvalue weighted by atomic mass is 9.69. The number of benzene rings is 1. The van der Waals surface area contributed by atoms with Gasteiger partial charge in [0.25, 0.3) is 5.91 Å². The molecule has 29 heavy (non-hydrogen) atoms. The molecule has 0 radical (unpaired) electrons. The summed E-state index contributed by atoms with van der Waals surface area (Å²) in [5, 5.41) is 11.4. The van der Waals surface area contributed by atoms with Crippen LogP contribution in [0.4, 0.5) is 0 Å². The van der Waals surface area contributed by atoms with Gasteiger partial charge in [0.05, 0.1) is 19.8 Å². The summed E-state index contributed by atoms with van der Waals surface area (Å²) in [5.41, 5.74) is 3.57. The van der Waals surface area contributed by atoms with Crippen LogP contribution in [-0.4, -0.2) is 71.2 Å². The molecule has 0 aliphatic carbocycles. The lowest BCUT2D eigenvalue weighted by molar-refractivity contribution is 0.00962. The molecular weight excluding hydrogens is 368 g/mol. The third kappa shape index (κ3) is 2.65. The lowest BCUT2D eigenvalue weighted by Crippen LogP contribution is -2.65. The van der Waals surface area contributed by atoms with Crippen molar-refractivity contribution in [2.45, 2.75) is 11.5 Å². The molecular formula is C22H24N4O3. The summed E-state index contributed by atoms with van der Waals surface area (Å²) < 4.78 is 5.39. The molecule has 5 rings (SSSR count). The summed E-state index contributed by atoms with van der Waals surface area (Å²) in [6, 6.07) is 9.06. The maximum Gasteiger partial charge on any atom is 0.254 e. The van der Waals surface area contributed by atoms with E-state index in [-0.39, 0.29) is 17.9 Å². The Morgan fingerprint density at radius 1 is 1.28 bits per heavy atom. The van der Waals surface area contributed by atoms with E-state index >= 15 is 0 Å². The normalized spacial score (nSPS) is 20.5. The van der Waals surface area contributed by atoms with Crippen molar-refractivity contribution >= 4 is 16.8 Å². The Morgan fingerprint density at radius 2 is 2.03 bits per heavy atom. The topological polar surface area (TPSA) is 81.7 Å². The van der Waals surface area contributed by atoms with Gasteiger partial charge in [-0.25, -0.2) is 0 Å². The fourth-order valence-electron chi connectivity index (χ4n) is 5.13. The minimum atomic E-state index is -0.416. The van der Waals surface area contributed by atoms with E-state index in [9.17, 15) is 9.90 Å². The SMILES string of the molecule is COc1ccc2c3c([nH]c2c1)[C@H](CO)N(C(=O)c1ccncc1)CC31CN(C)C1. The van der Waals surface area contributed by atoms with Crippen molar-refractivity contribution in [3.05, 3.63) is 59.5 Å². The quantitative estimate of drug-likeness (QED) is 0.712. The zero-order valence-corrected chi connectivity index (χ0v) is 16.6. The molecule has 2 aromatic heterocycles. The molecule has 7 heteroatoms. The number of H-pyrrole nitrogens is 1. The Labute approximate surface area is 168 Å². The number of fused-ring (bicyclic) bond motifs is 4. The number of hydrogen-bond donors (Lipinski definition) is 2. The van der Waals surface area contributed by atoms with Gasteiger partial charge in [0.1, 0.15) is 5.75 Å². The van der Waals surface area contributed by atoms with Crippen LogP contribution in [0, 0.1) is 0 Å². The molecule has 2 aliphatic heterocycles. The highest BCUT2D eigenvalue weighted by molar-refractivity contribution is 5.95. The van der Waals surface area contributed by atoms with E-state index in [1.165, 1.54) is 5.56 Å². The number of carbonyl (C=O) groups is 1. The van der Waals surface area contributed by atoms with Crippen LogP contribution >= 0.6 is 0 Å². The third-order valence-corrected chi connectivity index (χ3v) is 6.25. The van der Waals surface area contributed by atoms with Crippen LogP contribution in [0.2, 0.25) is 0 Å². The first-order chi connectivity index (χ1) is 14.1. The molecule has 1 fully saturated rings. The molecule has 2 aliphatic rings. The Kier molecular flexibility index (Phi) is 4.11. The maximum atomic E-state index is 13.3. The van der Waals surface area contributed by atoms with E-state index in [1.54, 1.807) is 31.6 Å². The molecule has 4 heterocycles. The summed E-state index contributed by atoms with van der Waals surface area (Å²) in [6.07, 6.45) is 3.25. The van der Waals surface area contributed by atoms with Gasteiger partial charge in [0, 0.05) is 65.7 Å². The van der Waals surface area contributed by atoms with E-state index in [1.807, 2.05) is 17.0 Å². The number of aliphatic hydroxyl groups excluding tert-OH is 1. The number of hydrogen-bond acceptors (Lipinski definition) is 5. The fraction of sp³-hybridized carbons (Fsp3) is 0.364. The van der Waals surface area contributed by atoms with Crippen LogP contribution in [0.3, 0.4) is 0 Å². The van der Waals surface area contributed by atoms with Gasteiger partial charge in [-0.2, -0.15) is 0 Å². The van der Waals surface area contributed by atoms with E-state index in [0.29, 0.717) is 12.1 Å². The molecule has 1 saturated heterocycles. The first-order valence-corrected chi connectivity index (χ1v) is 9.77. The van der Waals surface area contributed by atoms with Crippen molar-refractivity contribution in [2.75, 3.05) is 40.4 Å². The first-order valence-electron chi connectivity index (χ1n) is 9.77. The van der Waals surface area contributed by atoms with Gasteiger partial charge in [-0.15, -0.1) is 0 Å². The standard InChI is InChI=1S/C22H24N4O3/c1-25-11-22(12-25)13-26(21(28)14-5-7-23-8-6-14)18(10-27)20-19(22)16-4-3-15(29-2)9-17(16)24-20/h3-9,18,24,27H,10-13H2,1-2H3/t18-/m0/s1. The number of aliphatic hydroxyl groups is 1. The molecule has 2 N–H and O–H groups in total. The summed E-state index contributed by atoms with van der Waals surface area (Å²) >= 11 is 0. The molecule has 150 valence electrons. The van der Waals surface area contributed by atoms with Crippen molar-refractivity contribution in [1.82, 2.24) is 19.8 Å². The number of rotatable bonds is 3. The average Bonchev–Trinajstić information content (AvgIpc) is 3.11. The summed E-state index contributed by atoms with van der Waals surface area (Å²) in [6.45, 7) is 2.18. The van der Waals surface area contributed by atoms with Crippen LogP contribution in [-0.2, 0) is 5.41 Å². The van der Waals surface area contributed by atoms with Gasteiger partial charge < -0.3 is 24.6 Å². The zero-order valence-electron chi connectivity index (χ0n) is 16.6. The number of nitrogens with zero attached hydrogens (tertiary/aromatic N) is 3. The molecule has 0 bridgehead atoms. The van der Waals surface area contributed by atoms with Crippen molar-refractivity contribution in [2.24, 2.45) is 0 Å². The van der Waals surface area contributed by atoms with Crippen LogP contribution in [0.5, 0.6) is 5.75 Å². The van der Waals surface area contributed by atoms with Crippen LogP contribution in [0.1, 0.15) is 27.7 Å². The molecule has 1 spiro atoms. The highest BCUT2D eigenvalue weighted by Gasteiger charge is 2.52. The van der Waals surface area contributed by atoms with E-state index in [2.05, 4.69) is 28.0 Å². The van der Waals surface area contributed by atoms with Crippen LogP contribution < -0.4 is 4.74 Å². The molecule has 7 nitrogen and oxygen atoms in total. The molecule has 1 amide bonds. The zero-order chi connectivity index (χ0) is 20.2. The molecule has 1 aromatic carbocycles. The predicted molar refractivity (Wildman–Crippen MR) is 109 cm³/mol. The first kappa shape index (κ1) is 18.1. The van der Waals surface area contributed by atoms with Crippen molar-refractivity contribution in [3.63, 3.8) is 0 Å². The minimum absolute atomic E-state index is 0.0812. The minimum Gasteiger partial charge on any atom is -0.497 e. The monoisotopic (exact) mass is 392 g/mol. The smallest absolute Gasteiger partial charge is 0.254 e. The van der Waals surface area contributed by atoms with E-state index in [4.69, 9.17) is 4.74 Å². The van der Waals surface area contributed by atoms with Gasteiger partial charge in [0.2, 0.25) is 0 Å². The van der Waals surface area contributed by atoms with Gasteiger partial charge in [-0.1, -0.05) is 0 Å². The molecule has 1 atom stereocenters. The second-order valence-electron chi connectivity index (χ2n) is 8.15. The number of pyridine rings is 1. The summed E-state index contributed by atoms with van der Waals surface area (Å²) in [4.78, 5) is 24.9. The highest BCUT2D eigenvalue weighted by Crippen LogP contribution is 2.48. The third-order valence-electron chi connectivity index (χ3n) is 6.25. The van der Waals surface area contributed by atoms with Crippen LogP contribution in [0.15, 0.2) is 42.7 Å². The number of aromatic nitrogens is 2. The van der Waals surface area contributed by atoms with Gasteiger partial charge in [-0.3, -0.25) is 9.78 Å². The van der Waals surface area contributed by atoms with Crippen molar-refractivity contribution < 1.29 is 14.6 Å². The van der Waals surface area contributed by atoms with Gasteiger partial charge >= 0.3 is 0 Å². The Bertz CT molecular complexity index is 1070. The average molecular weight is 392 g/mol. The Balaban J connectivity index is 1.67. The number of ether oxygens (including phenoxy) is 1. The number of carbonyl (C=O) groups excluding carboxylic acids is 1. The number of methoxy groups -OCH3 is 1. The number of likely N-dealkylation sites (N-methyl/N-ethyl adjacent to an activating group) is 1. The number of nitrogens with one attached hydrogen (secondary N) is 1. The Morgan fingerprint density at radius 3 is 2.69 bits per heavy atom. The number of aromatic amines is 1. The second-order valence-corrected chi connectivity index (χ2v) is 8.15. The van der Waals surface area contributed by atoms with Gasteiger partial charge in [-0.05, 0) is 36.9 Å². The molecule has 0 unspecified atom stereocenters. The van der Waals surface area contributed by atoms with Gasteiger partial charge in [0.15, 0.2) is 0 Å². The number of likely N-dealkylation sites (tertiary alicyclic amines) is 1. The largest absolute Gasteiger partial charge is 0.497 e. The second kappa shape index (κ2) is 6.57. The summed E-state index contributed by atoms with van der Waals surface area (Å²) in [7, 11) is 3.74. The molecule has 3 aromatic rings. The highest BCUT2D eigenvalue weighted by atomic mass is 16.5. The predicted octanol–water partition coefficient (Wildman–Crippen LogP) is 1.94. The maximum absolute atomic E-state index is 13.3. The molecule has 0 saturated carbocycles. The van der Waals surface area contributed by atoms with E-state index < -0.39 is 6.04 Å². The number of amides is 1. The fourth-order valence-corrected chi connectivity index (χ4v) is 5.13. The Hall–Kier alpha value is -2.90. The van der Waals surface area contributed by atoms with Crippen molar-refractivity contribution in [1.29, 1.82) is 0 Å². The summed E-state index contributed by atoms with van der Waals surface area (Å²) in [5.74, 6) is 0.698. The van der Waals surface area contributed by atoms with Crippen LogP contribution in [0.25, 0.3) is 10.9 Å².